The molecule has 1 aliphatic heterocycles. The maximum absolute atomic E-state index is 13.7. The second-order valence-electron chi connectivity index (χ2n) is 5.03. The summed E-state index contributed by atoms with van der Waals surface area (Å²) in [5.74, 6) is -0.728. The fourth-order valence-corrected chi connectivity index (χ4v) is 3.69. The number of nitrogens with zero attached hydrogens (tertiary/aromatic N) is 2. The predicted molar refractivity (Wildman–Crippen MR) is 76.6 cm³/mol. The average Bonchev–Trinajstić information content (AvgIpc) is 2.44. The molecule has 0 spiro atoms. The van der Waals surface area contributed by atoms with E-state index in [0.29, 0.717) is 13.1 Å². The van der Waals surface area contributed by atoms with Crippen molar-refractivity contribution in [1.29, 1.82) is 0 Å². The fourth-order valence-electron chi connectivity index (χ4n) is 2.22. The van der Waals surface area contributed by atoms with Crippen molar-refractivity contribution in [2.24, 2.45) is 0 Å². The zero-order valence-electron chi connectivity index (χ0n) is 12.0. The fraction of sp³-hybridized carbons (Fsp3) is 0.462. The molecule has 0 unspecified atom stereocenters. The van der Waals surface area contributed by atoms with Crippen molar-refractivity contribution in [3.05, 3.63) is 23.5 Å². The SMILES string of the molecule is CC(=O)N1CCN(S(=O)(=O)c2cc(N)c(C)c(F)c2)CC1. The lowest BCUT2D eigenvalue weighted by Gasteiger charge is -2.33. The molecule has 1 amide bonds. The first-order valence-corrected chi connectivity index (χ1v) is 7.99. The number of sulfonamides is 1. The Morgan fingerprint density at radius 1 is 1.24 bits per heavy atom. The van der Waals surface area contributed by atoms with Gasteiger partial charge in [0.05, 0.1) is 4.90 Å². The van der Waals surface area contributed by atoms with Crippen molar-refractivity contribution < 1.29 is 17.6 Å². The number of rotatable bonds is 2. The number of anilines is 1. The highest BCUT2D eigenvalue weighted by atomic mass is 32.2. The Kier molecular flexibility index (Phi) is 4.20. The molecular weight excluding hydrogens is 297 g/mol. The van der Waals surface area contributed by atoms with E-state index in [0.717, 1.165) is 6.07 Å². The number of amides is 1. The molecule has 1 aromatic rings. The zero-order valence-corrected chi connectivity index (χ0v) is 12.8. The van der Waals surface area contributed by atoms with Gasteiger partial charge in [-0.15, -0.1) is 0 Å². The molecule has 6 nitrogen and oxygen atoms in total. The van der Waals surface area contributed by atoms with Crippen molar-refractivity contribution >= 4 is 21.6 Å². The Labute approximate surface area is 123 Å². The van der Waals surface area contributed by atoms with Crippen LogP contribution in [-0.4, -0.2) is 49.7 Å². The molecule has 1 fully saturated rings. The minimum absolute atomic E-state index is 0.0855. The van der Waals surface area contributed by atoms with Crippen LogP contribution in [-0.2, 0) is 14.8 Å². The topological polar surface area (TPSA) is 83.7 Å². The highest BCUT2D eigenvalue weighted by Gasteiger charge is 2.30. The normalized spacial score (nSPS) is 17.0. The van der Waals surface area contributed by atoms with Crippen LogP contribution in [0.4, 0.5) is 10.1 Å². The van der Waals surface area contributed by atoms with Gasteiger partial charge in [-0.2, -0.15) is 4.31 Å². The Hall–Kier alpha value is -1.67. The van der Waals surface area contributed by atoms with Crippen LogP contribution in [0.5, 0.6) is 0 Å². The van der Waals surface area contributed by atoms with Gasteiger partial charge in [0.25, 0.3) is 0 Å². The summed E-state index contributed by atoms with van der Waals surface area (Å²) in [5, 5.41) is 0. The first kappa shape index (κ1) is 15.7. The molecule has 0 bridgehead atoms. The van der Waals surface area contributed by atoms with Gasteiger partial charge in [0.15, 0.2) is 0 Å². The van der Waals surface area contributed by atoms with E-state index in [4.69, 9.17) is 5.73 Å². The van der Waals surface area contributed by atoms with Crippen molar-refractivity contribution in [1.82, 2.24) is 9.21 Å². The van der Waals surface area contributed by atoms with Crippen LogP contribution in [0.2, 0.25) is 0 Å². The largest absolute Gasteiger partial charge is 0.398 e. The monoisotopic (exact) mass is 315 g/mol. The van der Waals surface area contributed by atoms with Crippen LogP contribution in [0.15, 0.2) is 17.0 Å². The van der Waals surface area contributed by atoms with E-state index in [2.05, 4.69) is 0 Å². The molecule has 2 rings (SSSR count). The minimum Gasteiger partial charge on any atom is -0.398 e. The molecule has 2 N–H and O–H groups in total. The van der Waals surface area contributed by atoms with Crippen molar-refractivity contribution in [2.75, 3.05) is 31.9 Å². The van der Waals surface area contributed by atoms with Gasteiger partial charge in [0, 0.05) is 44.4 Å². The maximum Gasteiger partial charge on any atom is 0.243 e. The van der Waals surface area contributed by atoms with Crippen molar-refractivity contribution in [3.8, 4) is 0 Å². The van der Waals surface area contributed by atoms with E-state index in [9.17, 15) is 17.6 Å². The quantitative estimate of drug-likeness (QED) is 0.809. The number of nitrogens with two attached hydrogens (primary N) is 1. The number of hydrogen-bond acceptors (Lipinski definition) is 4. The Morgan fingerprint density at radius 3 is 2.29 bits per heavy atom. The number of carbonyl (C=O) groups excluding carboxylic acids is 1. The predicted octanol–water partition coefficient (Wildman–Crippen LogP) is 0.569. The van der Waals surface area contributed by atoms with Gasteiger partial charge in [-0.1, -0.05) is 0 Å². The van der Waals surface area contributed by atoms with Crippen LogP contribution in [0.25, 0.3) is 0 Å². The first-order valence-electron chi connectivity index (χ1n) is 6.55. The second kappa shape index (κ2) is 5.61. The lowest BCUT2D eigenvalue weighted by atomic mass is 10.2. The highest BCUT2D eigenvalue weighted by Crippen LogP contribution is 2.24. The van der Waals surface area contributed by atoms with Crippen LogP contribution >= 0.6 is 0 Å². The minimum atomic E-state index is -3.80. The summed E-state index contributed by atoms with van der Waals surface area (Å²) in [6.45, 7) is 3.98. The molecule has 1 heterocycles. The summed E-state index contributed by atoms with van der Waals surface area (Å²) in [5.41, 5.74) is 5.97. The van der Waals surface area contributed by atoms with E-state index in [1.54, 1.807) is 4.90 Å². The van der Waals surface area contributed by atoms with Gasteiger partial charge >= 0.3 is 0 Å². The summed E-state index contributed by atoms with van der Waals surface area (Å²) >= 11 is 0. The lowest BCUT2D eigenvalue weighted by molar-refractivity contribution is -0.129. The van der Waals surface area contributed by atoms with E-state index in [1.165, 1.54) is 24.2 Å². The van der Waals surface area contributed by atoms with E-state index < -0.39 is 15.8 Å². The molecule has 0 atom stereocenters. The molecule has 21 heavy (non-hydrogen) atoms. The zero-order chi connectivity index (χ0) is 15.8. The van der Waals surface area contributed by atoms with Gasteiger partial charge in [0.1, 0.15) is 5.82 Å². The molecule has 0 aromatic heterocycles. The third-order valence-corrected chi connectivity index (χ3v) is 5.56. The summed E-state index contributed by atoms with van der Waals surface area (Å²) in [7, 11) is -3.80. The van der Waals surface area contributed by atoms with Crippen LogP contribution in [0, 0.1) is 12.7 Å². The van der Waals surface area contributed by atoms with Crippen molar-refractivity contribution in [3.63, 3.8) is 0 Å². The van der Waals surface area contributed by atoms with Crippen molar-refractivity contribution in [2.45, 2.75) is 18.7 Å². The molecule has 1 saturated heterocycles. The smallest absolute Gasteiger partial charge is 0.243 e. The second-order valence-corrected chi connectivity index (χ2v) is 6.97. The molecule has 1 aliphatic rings. The number of benzene rings is 1. The Bertz CT molecular complexity index is 644. The third kappa shape index (κ3) is 3.01. The molecular formula is C13H18FN3O3S. The lowest BCUT2D eigenvalue weighted by Crippen LogP contribution is -2.49. The number of piperazine rings is 1. The van der Waals surface area contributed by atoms with Gasteiger partial charge in [-0.3, -0.25) is 4.79 Å². The highest BCUT2D eigenvalue weighted by molar-refractivity contribution is 7.89. The van der Waals surface area contributed by atoms with Gasteiger partial charge in [0.2, 0.25) is 15.9 Å². The number of carbonyl (C=O) groups is 1. The first-order chi connectivity index (χ1) is 9.73. The van der Waals surface area contributed by atoms with E-state index in [-0.39, 0.29) is 35.1 Å². The van der Waals surface area contributed by atoms with Crippen LogP contribution in [0.1, 0.15) is 12.5 Å². The third-order valence-electron chi connectivity index (χ3n) is 3.68. The summed E-state index contributed by atoms with van der Waals surface area (Å²) in [4.78, 5) is 12.7. The molecule has 8 heteroatoms. The number of halogens is 1. The van der Waals surface area contributed by atoms with E-state index in [1.807, 2.05) is 0 Å². The standard InChI is InChI=1S/C13H18FN3O3S/c1-9-12(14)7-11(8-13(9)15)21(19,20)17-5-3-16(4-6-17)10(2)18/h7-8H,3-6,15H2,1-2H3. The molecule has 116 valence electrons. The van der Waals surface area contributed by atoms with E-state index >= 15 is 0 Å². The summed E-state index contributed by atoms with van der Waals surface area (Å²) in [6.07, 6.45) is 0. The van der Waals surface area contributed by atoms with Gasteiger partial charge < -0.3 is 10.6 Å². The maximum atomic E-state index is 13.7. The molecule has 1 aromatic carbocycles. The van der Waals surface area contributed by atoms with Gasteiger partial charge in [-0.05, 0) is 19.1 Å². The van der Waals surface area contributed by atoms with Crippen LogP contribution in [0.3, 0.4) is 0 Å². The Morgan fingerprint density at radius 2 is 1.81 bits per heavy atom. The number of nitrogen functional groups attached to an aromatic ring is 1. The number of hydrogen-bond donors (Lipinski definition) is 1. The average molecular weight is 315 g/mol. The van der Waals surface area contributed by atoms with Crippen LogP contribution < -0.4 is 5.73 Å². The summed E-state index contributed by atoms with van der Waals surface area (Å²) < 4.78 is 39.9. The molecule has 0 saturated carbocycles. The van der Waals surface area contributed by atoms with Gasteiger partial charge in [-0.25, -0.2) is 12.8 Å². The summed E-state index contributed by atoms with van der Waals surface area (Å²) in [6, 6.07) is 2.25. The molecule has 0 radical (unpaired) electrons. The molecule has 0 aliphatic carbocycles. The Balaban J connectivity index is 2.26.